The van der Waals surface area contributed by atoms with Crippen molar-refractivity contribution in [1.82, 2.24) is 15.5 Å². The highest BCUT2D eigenvalue weighted by molar-refractivity contribution is 8.00. The standard InChI is InChI=1S/C34H41ClN4O5S/c1-20(2)44-24-15-13-22(14-16-24)17-27(38-31(41)25-11-8-12-26(36)28(25)35)29(40)33(43)39-19-45-34(4,5)30(39)32(42)37-18-23-10-7-6-9-21(23)3/h6-16,20,27,29-30,40H,17-19,36H2,1-5H3,(H,37,42)(H,38,41)/t27-,29-,30?/m0/s1. The van der Waals surface area contributed by atoms with Crippen molar-refractivity contribution in [3.05, 3.63) is 94.0 Å². The first-order valence-electron chi connectivity index (χ1n) is 14.8. The smallest absolute Gasteiger partial charge is 0.254 e. The molecule has 1 saturated heterocycles. The summed E-state index contributed by atoms with van der Waals surface area (Å²) in [7, 11) is 0. The molecule has 4 rings (SSSR count). The van der Waals surface area contributed by atoms with Gasteiger partial charge in [0.2, 0.25) is 5.91 Å². The minimum Gasteiger partial charge on any atom is -0.491 e. The molecule has 11 heteroatoms. The number of nitrogen functional groups attached to an aromatic ring is 1. The Labute approximate surface area is 273 Å². The zero-order valence-corrected chi connectivity index (χ0v) is 27.7. The first-order chi connectivity index (χ1) is 21.3. The summed E-state index contributed by atoms with van der Waals surface area (Å²) in [6, 6.07) is 17.8. The van der Waals surface area contributed by atoms with Crippen molar-refractivity contribution in [2.75, 3.05) is 11.6 Å². The van der Waals surface area contributed by atoms with Crippen LogP contribution in [0.25, 0.3) is 0 Å². The molecule has 240 valence electrons. The Morgan fingerprint density at radius 1 is 1.09 bits per heavy atom. The van der Waals surface area contributed by atoms with Crippen molar-refractivity contribution in [3.8, 4) is 5.75 Å². The third kappa shape index (κ3) is 8.31. The Balaban J connectivity index is 1.58. The van der Waals surface area contributed by atoms with E-state index in [9.17, 15) is 19.5 Å². The van der Waals surface area contributed by atoms with Crippen LogP contribution in [0.2, 0.25) is 5.02 Å². The lowest BCUT2D eigenvalue weighted by atomic mass is 9.96. The summed E-state index contributed by atoms with van der Waals surface area (Å²) in [5.41, 5.74) is 9.04. The number of hydrogen-bond donors (Lipinski definition) is 4. The fourth-order valence-electron chi connectivity index (χ4n) is 5.29. The summed E-state index contributed by atoms with van der Waals surface area (Å²) >= 11 is 7.77. The molecule has 3 amide bonds. The van der Waals surface area contributed by atoms with Crippen LogP contribution in [-0.2, 0) is 22.6 Å². The maximum atomic E-state index is 14.0. The number of nitrogens with one attached hydrogen (secondary N) is 2. The Kier molecular flexibility index (Phi) is 11.1. The summed E-state index contributed by atoms with van der Waals surface area (Å²) in [5.74, 6) is -0.690. The average Bonchev–Trinajstić information content (AvgIpc) is 3.32. The number of nitrogens with two attached hydrogens (primary N) is 1. The van der Waals surface area contributed by atoms with Crippen molar-refractivity contribution in [2.45, 2.75) is 76.6 Å². The van der Waals surface area contributed by atoms with Crippen molar-refractivity contribution in [3.63, 3.8) is 0 Å². The third-order valence-corrected chi connectivity index (χ3v) is 9.56. The van der Waals surface area contributed by atoms with Crippen LogP contribution < -0.4 is 21.1 Å². The zero-order valence-electron chi connectivity index (χ0n) is 26.2. The number of anilines is 1. The molecule has 1 fully saturated rings. The average molecular weight is 653 g/mol. The maximum absolute atomic E-state index is 14.0. The highest BCUT2D eigenvalue weighted by atomic mass is 35.5. The van der Waals surface area contributed by atoms with Crippen molar-refractivity contribution in [2.24, 2.45) is 0 Å². The van der Waals surface area contributed by atoms with Crippen LogP contribution in [0.5, 0.6) is 5.75 Å². The van der Waals surface area contributed by atoms with Gasteiger partial charge < -0.3 is 31.1 Å². The Hall–Kier alpha value is -3.73. The van der Waals surface area contributed by atoms with E-state index >= 15 is 0 Å². The van der Waals surface area contributed by atoms with Crippen LogP contribution in [0.4, 0.5) is 5.69 Å². The summed E-state index contributed by atoms with van der Waals surface area (Å²) in [6.45, 7) is 9.94. The number of thioether (sulfide) groups is 1. The van der Waals surface area contributed by atoms with Gasteiger partial charge in [0.15, 0.2) is 6.10 Å². The maximum Gasteiger partial charge on any atom is 0.254 e. The number of ether oxygens (including phenoxy) is 1. The second-order valence-corrected chi connectivity index (χ2v) is 14.0. The lowest BCUT2D eigenvalue weighted by Gasteiger charge is -2.33. The molecular weight excluding hydrogens is 612 g/mol. The first kappa shape index (κ1) is 34.1. The summed E-state index contributed by atoms with van der Waals surface area (Å²) in [6.07, 6.45) is -1.55. The molecule has 45 heavy (non-hydrogen) atoms. The van der Waals surface area contributed by atoms with Crippen molar-refractivity contribution < 1.29 is 24.2 Å². The minimum atomic E-state index is -1.67. The molecule has 0 radical (unpaired) electrons. The Morgan fingerprint density at radius 3 is 2.44 bits per heavy atom. The monoisotopic (exact) mass is 652 g/mol. The number of nitrogens with zero attached hydrogens (tertiary/aromatic N) is 1. The van der Waals surface area contributed by atoms with Crippen LogP contribution in [0.1, 0.15) is 54.7 Å². The highest BCUT2D eigenvalue weighted by Crippen LogP contribution is 2.40. The SMILES string of the molecule is Cc1ccccc1CNC(=O)C1N(C(=O)[C@@H](O)[C@H](Cc2ccc(OC(C)C)cc2)NC(=O)c2cccc(N)c2Cl)CSC1(C)C. The molecule has 0 aliphatic carbocycles. The number of halogens is 1. The number of aliphatic hydroxyl groups is 1. The van der Waals surface area contributed by atoms with E-state index in [0.717, 1.165) is 16.7 Å². The molecule has 0 bridgehead atoms. The second kappa shape index (κ2) is 14.6. The molecular formula is C34H41ClN4O5S. The van der Waals surface area contributed by atoms with E-state index in [1.807, 2.05) is 71.0 Å². The van der Waals surface area contributed by atoms with Gasteiger partial charge in [0.05, 0.1) is 34.3 Å². The molecule has 1 heterocycles. The molecule has 3 atom stereocenters. The molecule has 3 aromatic carbocycles. The molecule has 5 N–H and O–H groups in total. The lowest BCUT2D eigenvalue weighted by molar-refractivity contribution is -0.147. The largest absolute Gasteiger partial charge is 0.491 e. The van der Waals surface area contributed by atoms with Crippen LogP contribution in [-0.4, -0.2) is 62.6 Å². The third-order valence-electron chi connectivity index (χ3n) is 7.77. The van der Waals surface area contributed by atoms with Crippen molar-refractivity contribution in [1.29, 1.82) is 0 Å². The number of aliphatic hydroxyl groups excluding tert-OH is 1. The predicted molar refractivity (Wildman–Crippen MR) is 179 cm³/mol. The van der Waals surface area contributed by atoms with E-state index in [0.29, 0.717) is 12.3 Å². The van der Waals surface area contributed by atoms with Gasteiger partial charge in [-0.25, -0.2) is 0 Å². The van der Waals surface area contributed by atoms with E-state index in [1.165, 1.54) is 22.7 Å². The molecule has 1 aliphatic heterocycles. The number of carbonyl (C=O) groups is 3. The summed E-state index contributed by atoms with van der Waals surface area (Å²) in [4.78, 5) is 42.4. The van der Waals surface area contributed by atoms with Gasteiger partial charge in [0.1, 0.15) is 11.8 Å². The van der Waals surface area contributed by atoms with Gasteiger partial charge in [0, 0.05) is 11.3 Å². The molecule has 3 aromatic rings. The van der Waals surface area contributed by atoms with E-state index in [1.54, 1.807) is 24.3 Å². The van der Waals surface area contributed by atoms with E-state index < -0.39 is 34.7 Å². The molecule has 9 nitrogen and oxygen atoms in total. The number of benzene rings is 3. The van der Waals surface area contributed by atoms with E-state index in [-0.39, 0.29) is 40.6 Å². The van der Waals surface area contributed by atoms with Gasteiger partial charge in [-0.3, -0.25) is 14.4 Å². The van der Waals surface area contributed by atoms with Gasteiger partial charge in [-0.2, -0.15) is 0 Å². The molecule has 0 saturated carbocycles. The van der Waals surface area contributed by atoms with E-state index in [2.05, 4.69) is 10.6 Å². The van der Waals surface area contributed by atoms with Crippen LogP contribution in [0.15, 0.2) is 66.7 Å². The number of rotatable bonds is 11. The van der Waals surface area contributed by atoms with Crippen LogP contribution >= 0.6 is 23.4 Å². The fourth-order valence-corrected chi connectivity index (χ4v) is 6.64. The van der Waals surface area contributed by atoms with Gasteiger partial charge in [-0.1, -0.05) is 54.1 Å². The topological polar surface area (TPSA) is 134 Å². The number of carbonyl (C=O) groups excluding carboxylic acids is 3. The van der Waals surface area contributed by atoms with Crippen LogP contribution in [0.3, 0.4) is 0 Å². The number of amides is 3. The number of hydrogen-bond acceptors (Lipinski definition) is 7. The zero-order chi connectivity index (χ0) is 32.9. The molecule has 0 aromatic heterocycles. The first-order valence-corrected chi connectivity index (χ1v) is 16.2. The fraction of sp³-hybridized carbons (Fsp3) is 0.382. The quantitative estimate of drug-likeness (QED) is 0.220. The predicted octanol–water partition coefficient (Wildman–Crippen LogP) is 4.72. The highest BCUT2D eigenvalue weighted by Gasteiger charge is 2.49. The normalized spacial score (nSPS) is 17.1. The minimum absolute atomic E-state index is 0.00479. The summed E-state index contributed by atoms with van der Waals surface area (Å²) in [5, 5.41) is 17.4. The summed E-state index contributed by atoms with van der Waals surface area (Å²) < 4.78 is 5.12. The molecule has 1 unspecified atom stereocenters. The molecule has 1 aliphatic rings. The van der Waals surface area contributed by atoms with Gasteiger partial charge >= 0.3 is 0 Å². The second-order valence-electron chi connectivity index (χ2n) is 12.0. The Morgan fingerprint density at radius 2 is 1.78 bits per heavy atom. The van der Waals surface area contributed by atoms with Crippen LogP contribution in [0, 0.1) is 6.92 Å². The van der Waals surface area contributed by atoms with Gasteiger partial charge in [0.25, 0.3) is 11.8 Å². The van der Waals surface area contributed by atoms with E-state index in [4.69, 9.17) is 22.1 Å². The Bertz CT molecular complexity index is 1530. The number of aryl methyl sites for hydroxylation is 1. The van der Waals surface area contributed by atoms with Crippen molar-refractivity contribution >= 4 is 46.8 Å². The van der Waals surface area contributed by atoms with Gasteiger partial charge in [-0.05, 0) is 82.0 Å². The molecule has 0 spiro atoms. The lowest BCUT2D eigenvalue weighted by Crippen LogP contribution is -2.58. The van der Waals surface area contributed by atoms with Gasteiger partial charge in [-0.15, -0.1) is 11.8 Å².